The van der Waals surface area contributed by atoms with E-state index in [-0.39, 0.29) is 5.91 Å². The van der Waals surface area contributed by atoms with Gasteiger partial charge < -0.3 is 9.84 Å². The Morgan fingerprint density at radius 2 is 1.67 bits per heavy atom. The van der Waals surface area contributed by atoms with Gasteiger partial charge in [0.05, 0.1) is 17.1 Å². The van der Waals surface area contributed by atoms with E-state index < -0.39 is 12.1 Å². The van der Waals surface area contributed by atoms with E-state index in [1.54, 1.807) is 29.2 Å². The zero-order valence-corrected chi connectivity index (χ0v) is 18.7. The molecular formula is C26H22N2O4S. The number of aliphatic carboxylic acids is 1. The van der Waals surface area contributed by atoms with E-state index in [4.69, 9.17) is 14.8 Å². The molecule has 1 aliphatic rings. The summed E-state index contributed by atoms with van der Waals surface area (Å²) in [5.41, 5.74) is 2.60. The summed E-state index contributed by atoms with van der Waals surface area (Å²) in [5, 5.41) is 9.61. The van der Waals surface area contributed by atoms with Crippen molar-refractivity contribution in [2.24, 2.45) is 4.99 Å². The van der Waals surface area contributed by atoms with Crippen LogP contribution in [-0.2, 0) is 16.1 Å². The second-order valence-electron chi connectivity index (χ2n) is 7.38. The molecule has 7 heteroatoms. The number of aliphatic imine (C=N–C) groups is 1. The number of carboxylic acids is 1. The maximum atomic E-state index is 13.3. The third-order valence-electron chi connectivity index (χ3n) is 4.89. The molecule has 1 fully saturated rings. The number of ether oxygens (including phenoxy) is 1. The zero-order chi connectivity index (χ0) is 23.2. The number of thioether (sulfide) groups is 1. The van der Waals surface area contributed by atoms with E-state index in [0.29, 0.717) is 22.4 Å². The molecule has 6 nitrogen and oxygen atoms in total. The number of para-hydroxylation sites is 1. The lowest BCUT2D eigenvalue weighted by Crippen LogP contribution is -2.28. The van der Waals surface area contributed by atoms with Crippen LogP contribution in [0.3, 0.4) is 0 Å². The van der Waals surface area contributed by atoms with Crippen LogP contribution in [0, 0.1) is 0 Å². The number of nitrogens with zero attached hydrogens (tertiary/aromatic N) is 2. The van der Waals surface area contributed by atoms with Crippen LogP contribution in [0.2, 0.25) is 0 Å². The molecule has 0 spiro atoms. The van der Waals surface area contributed by atoms with Crippen LogP contribution in [0.25, 0.3) is 6.08 Å². The molecule has 0 radical (unpaired) electrons. The van der Waals surface area contributed by atoms with E-state index in [2.05, 4.69) is 0 Å². The predicted molar refractivity (Wildman–Crippen MR) is 130 cm³/mol. The molecule has 1 saturated heterocycles. The molecule has 166 valence electrons. The first-order valence-electron chi connectivity index (χ1n) is 10.4. The van der Waals surface area contributed by atoms with Crippen molar-refractivity contribution < 1.29 is 19.4 Å². The summed E-state index contributed by atoms with van der Waals surface area (Å²) in [6.45, 7) is 1.90. The Bertz CT molecular complexity index is 1190. The standard InChI is InChI=1S/C26H22N2O4S/c1-18(25(30)31)32-22-14-12-19(13-15-22)16-23-24(29)28(17-20-8-4-2-5-9-20)26(33-23)27-21-10-6-3-7-11-21/h2-16,18H,17H2,1H3,(H,30,31)/b23-16-,27-26?/t18-/m0/s1. The van der Waals surface area contributed by atoms with Crippen LogP contribution >= 0.6 is 11.8 Å². The predicted octanol–water partition coefficient (Wildman–Crippen LogP) is 5.34. The van der Waals surface area contributed by atoms with Gasteiger partial charge >= 0.3 is 5.97 Å². The van der Waals surface area contributed by atoms with Gasteiger partial charge in [-0.1, -0.05) is 60.7 Å². The van der Waals surface area contributed by atoms with E-state index in [9.17, 15) is 9.59 Å². The van der Waals surface area contributed by atoms with Crippen molar-refractivity contribution in [3.63, 3.8) is 0 Å². The first kappa shape index (κ1) is 22.4. The van der Waals surface area contributed by atoms with Crippen molar-refractivity contribution in [3.05, 3.63) is 101 Å². The summed E-state index contributed by atoms with van der Waals surface area (Å²) in [7, 11) is 0. The molecule has 1 N–H and O–H groups in total. The van der Waals surface area contributed by atoms with Gasteiger partial charge in [-0.15, -0.1) is 0 Å². The van der Waals surface area contributed by atoms with Crippen LogP contribution in [0.5, 0.6) is 5.75 Å². The Morgan fingerprint density at radius 1 is 1.03 bits per heavy atom. The van der Waals surface area contributed by atoms with Gasteiger partial charge in [-0.3, -0.25) is 9.69 Å². The molecule has 3 aromatic rings. The summed E-state index contributed by atoms with van der Waals surface area (Å²) in [6.07, 6.45) is 0.868. The minimum Gasteiger partial charge on any atom is -0.479 e. The Labute approximate surface area is 196 Å². The minimum absolute atomic E-state index is 0.113. The summed E-state index contributed by atoms with van der Waals surface area (Å²) in [4.78, 5) is 31.2. The number of benzene rings is 3. The summed E-state index contributed by atoms with van der Waals surface area (Å²) >= 11 is 1.33. The van der Waals surface area contributed by atoms with E-state index in [1.165, 1.54) is 18.7 Å². The molecule has 0 aliphatic carbocycles. The second-order valence-corrected chi connectivity index (χ2v) is 8.39. The fourth-order valence-corrected chi connectivity index (χ4v) is 4.16. The topological polar surface area (TPSA) is 79.2 Å². The Morgan fingerprint density at radius 3 is 2.30 bits per heavy atom. The number of carbonyl (C=O) groups is 2. The highest BCUT2D eigenvalue weighted by Gasteiger charge is 2.33. The molecule has 1 amide bonds. The lowest BCUT2D eigenvalue weighted by Gasteiger charge is -2.15. The fourth-order valence-electron chi connectivity index (χ4n) is 3.16. The third-order valence-corrected chi connectivity index (χ3v) is 5.90. The maximum absolute atomic E-state index is 13.3. The smallest absolute Gasteiger partial charge is 0.344 e. The average Bonchev–Trinajstić information content (AvgIpc) is 3.10. The van der Waals surface area contributed by atoms with Gasteiger partial charge in [-0.25, -0.2) is 9.79 Å². The quantitative estimate of drug-likeness (QED) is 0.483. The monoisotopic (exact) mass is 458 g/mol. The van der Waals surface area contributed by atoms with Gasteiger partial charge in [-0.05, 0) is 60.2 Å². The maximum Gasteiger partial charge on any atom is 0.344 e. The fraction of sp³-hybridized carbons (Fsp3) is 0.115. The molecule has 4 rings (SSSR count). The van der Waals surface area contributed by atoms with Gasteiger partial charge in [-0.2, -0.15) is 0 Å². The largest absolute Gasteiger partial charge is 0.479 e. The summed E-state index contributed by atoms with van der Waals surface area (Å²) < 4.78 is 5.37. The molecular weight excluding hydrogens is 436 g/mol. The van der Waals surface area contributed by atoms with Crippen LogP contribution in [-0.4, -0.2) is 33.2 Å². The van der Waals surface area contributed by atoms with Crippen molar-refractivity contribution >= 4 is 40.6 Å². The molecule has 1 atom stereocenters. The van der Waals surface area contributed by atoms with Crippen LogP contribution < -0.4 is 4.74 Å². The van der Waals surface area contributed by atoms with Crippen molar-refractivity contribution in [2.45, 2.75) is 19.6 Å². The van der Waals surface area contributed by atoms with Crippen molar-refractivity contribution in [2.75, 3.05) is 0 Å². The second kappa shape index (κ2) is 10.2. The molecule has 1 heterocycles. The van der Waals surface area contributed by atoms with E-state index in [0.717, 1.165) is 16.8 Å². The highest BCUT2D eigenvalue weighted by Crippen LogP contribution is 2.35. The van der Waals surface area contributed by atoms with Crippen LogP contribution in [0.4, 0.5) is 5.69 Å². The highest BCUT2D eigenvalue weighted by atomic mass is 32.2. The summed E-state index contributed by atoms with van der Waals surface area (Å²) in [6, 6.07) is 26.3. The number of amides is 1. The van der Waals surface area contributed by atoms with Gasteiger partial charge in [0.15, 0.2) is 11.3 Å². The molecule has 0 bridgehead atoms. The first-order valence-corrected chi connectivity index (χ1v) is 11.2. The van der Waals surface area contributed by atoms with Crippen molar-refractivity contribution in [1.29, 1.82) is 0 Å². The molecule has 33 heavy (non-hydrogen) atoms. The van der Waals surface area contributed by atoms with Gasteiger partial charge in [0.1, 0.15) is 5.75 Å². The van der Waals surface area contributed by atoms with Crippen LogP contribution in [0.1, 0.15) is 18.1 Å². The number of carboxylic acid groups (broad SMARTS) is 1. The Hall–Kier alpha value is -3.84. The highest BCUT2D eigenvalue weighted by molar-refractivity contribution is 8.18. The molecule has 3 aromatic carbocycles. The average molecular weight is 459 g/mol. The Balaban J connectivity index is 1.59. The SMILES string of the molecule is C[C@H](Oc1ccc(/C=C2\SC(=Nc3ccccc3)N(Cc3ccccc3)C2=O)cc1)C(=O)O. The third kappa shape index (κ3) is 5.70. The lowest BCUT2D eigenvalue weighted by atomic mass is 10.2. The molecule has 0 unspecified atom stereocenters. The Kier molecular flexibility index (Phi) is 6.90. The molecule has 0 aromatic heterocycles. The van der Waals surface area contributed by atoms with Gasteiger partial charge in [0.2, 0.25) is 0 Å². The number of rotatable bonds is 7. The van der Waals surface area contributed by atoms with E-state index in [1.807, 2.05) is 66.7 Å². The molecule has 0 saturated carbocycles. The zero-order valence-electron chi connectivity index (χ0n) is 17.9. The number of amidine groups is 1. The van der Waals surface area contributed by atoms with Gasteiger partial charge in [0, 0.05) is 0 Å². The normalized spacial score (nSPS) is 16.9. The minimum atomic E-state index is -1.03. The number of hydrogen-bond donors (Lipinski definition) is 1. The first-order chi connectivity index (χ1) is 16.0. The number of hydrogen-bond acceptors (Lipinski definition) is 5. The van der Waals surface area contributed by atoms with Gasteiger partial charge in [0.25, 0.3) is 5.91 Å². The lowest BCUT2D eigenvalue weighted by molar-refractivity contribution is -0.144. The van der Waals surface area contributed by atoms with E-state index >= 15 is 0 Å². The van der Waals surface area contributed by atoms with Crippen LogP contribution in [0.15, 0.2) is 94.8 Å². The van der Waals surface area contributed by atoms with Crippen molar-refractivity contribution in [1.82, 2.24) is 4.90 Å². The van der Waals surface area contributed by atoms with Crippen molar-refractivity contribution in [3.8, 4) is 5.75 Å². The summed E-state index contributed by atoms with van der Waals surface area (Å²) in [5.74, 6) is -0.689. The number of carbonyl (C=O) groups excluding carboxylic acids is 1. The molecule has 1 aliphatic heterocycles.